The Morgan fingerprint density at radius 2 is 2.07 bits per heavy atom. The van der Waals surface area contributed by atoms with E-state index in [-0.39, 0.29) is 0 Å². The third-order valence-corrected chi connectivity index (χ3v) is 2.58. The lowest BCUT2D eigenvalue weighted by Gasteiger charge is -2.14. The van der Waals surface area contributed by atoms with E-state index in [1.807, 2.05) is 43.1 Å². The Balaban J connectivity index is 2.28. The summed E-state index contributed by atoms with van der Waals surface area (Å²) in [6.07, 6.45) is 1.77. The first kappa shape index (κ1) is 10.2. The van der Waals surface area contributed by atoms with Gasteiger partial charge in [0, 0.05) is 23.8 Å². The number of halogens is 1. The predicted octanol–water partition coefficient (Wildman–Crippen LogP) is 3.51. The first-order valence-corrected chi connectivity index (χ1v) is 5.38. The molecule has 0 amide bonds. The minimum Gasteiger partial charge on any atom is -0.445 e. The molecule has 0 saturated heterocycles. The van der Waals surface area contributed by atoms with Crippen LogP contribution in [0.3, 0.4) is 0 Å². The summed E-state index contributed by atoms with van der Waals surface area (Å²) < 4.78 is 6.47. The maximum Gasteiger partial charge on any atom is 0.200 e. The Hall–Kier alpha value is -1.29. The van der Waals surface area contributed by atoms with Gasteiger partial charge in [0.15, 0.2) is 0 Å². The van der Waals surface area contributed by atoms with Gasteiger partial charge in [-0.25, -0.2) is 4.98 Å². The van der Waals surface area contributed by atoms with Crippen molar-refractivity contribution in [2.24, 2.45) is 0 Å². The fourth-order valence-electron chi connectivity index (χ4n) is 1.28. The van der Waals surface area contributed by atoms with Crippen molar-refractivity contribution in [3.8, 4) is 0 Å². The van der Waals surface area contributed by atoms with Crippen LogP contribution >= 0.6 is 15.9 Å². The van der Waals surface area contributed by atoms with E-state index in [0.29, 0.717) is 0 Å². The van der Waals surface area contributed by atoms with Gasteiger partial charge in [0.2, 0.25) is 5.88 Å². The molecule has 4 heteroatoms. The SMILES string of the molecule is Cc1ccc(N(C)c2ccc(Br)cn2)o1. The van der Waals surface area contributed by atoms with Crippen LogP contribution in [0.4, 0.5) is 11.7 Å². The van der Waals surface area contributed by atoms with Gasteiger partial charge >= 0.3 is 0 Å². The minimum atomic E-state index is 0.794. The molecule has 0 unspecified atom stereocenters. The van der Waals surface area contributed by atoms with Crippen LogP contribution in [0.5, 0.6) is 0 Å². The highest BCUT2D eigenvalue weighted by molar-refractivity contribution is 9.10. The number of hydrogen-bond acceptors (Lipinski definition) is 3. The number of rotatable bonds is 2. The summed E-state index contributed by atoms with van der Waals surface area (Å²) in [4.78, 5) is 6.19. The van der Waals surface area contributed by atoms with E-state index in [1.165, 1.54) is 0 Å². The van der Waals surface area contributed by atoms with E-state index >= 15 is 0 Å². The lowest BCUT2D eigenvalue weighted by Crippen LogP contribution is -2.09. The average molecular weight is 267 g/mol. The monoisotopic (exact) mass is 266 g/mol. The minimum absolute atomic E-state index is 0.794. The van der Waals surface area contributed by atoms with Gasteiger partial charge in [-0.3, -0.25) is 4.90 Å². The van der Waals surface area contributed by atoms with Crippen LogP contribution < -0.4 is 4.90 Å². The number of furan rings is 1. The van der Waals surface area contributed by atoms with Crippen molar-refractivity contribution in [2.45, 2.75) is 6.92 Å². The molecule has 78 valence electrons. The van der Waals surface area contributed by atoms with E-state index < -0.39 is 0 Å². The summed E-state index contributed by atoms with van der Waals surface area (Å²) in [6.45, 7) is 1.92. The van der Waals surface area contributed by atoms with Crippen LogP contribution in [-0.2, 0) is 0 Å². The Kier molecular flexibility index (Phi) is 2.77. The fourth-order valence-corrected chi connectivity index (χ4v) is 1.52. The third kappa shape index (κ3) is 2.21. The van der Waals surface area contributed by atoms with Crippen molar-refractivity contribution < 1.29 is 4.42 Å². The summed E-state index contributed by atoms with van der Waals surface area (Å²) in [6, 6.07) is 7.75. The summed E-state index contributed by atoms with van der Waals surface area (Å²) in [5.41, 5.74) is 0. The van der Waals surface area contributed by atoms with Gasteiger partial charge in [-0.15, -0.1) is 0 Å². The normalized spacial score (nSPS) is 10.3. The second-order valence-corrected chi connectivity index (χ2v) is 4.19. The quantitative estimate of drug-likeness (QED) is 0.833. The molecule has 0 bridgehead atoms. The Morgan fingerprint density at radius 1 is 1.27 bits per heavy atom. The van der Waals surface area contributed by atoms with Gasteiger partial charge in [0.05, 0.1) is 0 Å². The lowest BCUT2D eigenvalue weighted by molar-refractivity contribution is 0.537. The number of nitrogens with zero attached hydrogens (tertiary/aromatic N) is 2. The van der Waals surface area contributed by atoms with Crippen LogP contribution in [0.1, 0.15) is 5.76 Å². The molecule has 3 nitrogen and oxygen atoms in total. The van der Waals surface area contributed by atoms with E-state index in [1.54, 1.807) is 6.20 Å². The lowest BCUT2D eigenvalue weighted by atomic mass is 10.4. The van der Waals surface area contributed by atoms with Crippen LogP contribution in [0, 0.1) is 6.92 Å². The Bertz CT molecular complexity index is 450. The summed E-state index contributed by atoms with van der Waals surface area (Å²) in [7, 11) is 1.93. The van der Waals surface area contributed by atoms with Crippen molar-refractivity contribution in [1.29, 1.82) is 0 Å². The number of pyridine rings is 1. The zero-order valence-corrected chi connectivity index (χ0v) is 10.2. The Labute approximate surface area is 96.9 Å². The first-order chi connectivity index (χ1) is 7.16. The maximum atomic E-state index is 5.50. The highest BCUT2D eigenvalue weighted by Gasteiger charge is 2.08. The summed E-state index contributed by atoms with van der Waals surface area (Å²) >= 11 is 3.35. The van der Waals surface area contributed by atoms with Crippen LogP contribution in [-0.4, -0.2) is 12.0 Å². The zero-order valence-electron chi connectivity index (χ0n) is 8.57. The van der Waals surface area contributed by atoms with Gasteiger partial charge in [-0.1, -0.05) is 0 Å². The molecule has 2 rings (SSSR count). The molecule has 2 aromatic rings. The largest absolute Gasteiger partial charge is 0.445 e. The molecule has 0 aliphatic carbocycles. The number of aryl methyl sites for hydroxylation is 1. The van der Waals surface area contributed by atoms with Gasteiger partial charge in [0.1, 0.15) is 11.6 Å². The predicted molar refractivity (Wildman–Crippen MR) is 63.4 cm³/mol. The summed E-state index contributed by atoms with van der Waals surface area (Å²) in [5, 5.41) is 0. The molecule has 2 aromatic heterocycles. The van der Waals surface area contributed by atoms with Gasteiger partial charge < -0.3 is 4.42 Å². The van der Waals surface area contributed by atoms with E-state index in [2.05, 4.69) is 20.9 Å². The maximum absolute atomic E-state index is 5.50. The smallest absolute Gasteiger partial charge is 0.200 e. The van der Waals surface area contributed by atoms with Crippen molar-refractivity contribution in [3.05, 3.63) is 40.7 Å². The molecule has 0 radical (unpaired) electrons. The van der Waals surface area contributed by atoms with Gasteiger partial charge in [-0.05, 0) is 41.1 Å². The number of anilines is 2. The van der Waals surface area contributed by atoms with Crippen molar-refractivity contribution >= 4 is 27.6 Å². The fraction of sp³-hybridized carbons (Fsp3) is 0.182. The molecule has 0 N–H and O–H groups in total. The molecule has 0 spiro atoms. The van der Waals surface area contributed by atoms with Crippen LogP contribution in [0.2, 0.25) is 0 Å². The van der Waals surface area contributed by atoms with Gasteiger partial charge in [0.25, 0.3) is 0 Å². The highest BCUT2D eigenvalue weighted by Crippen LogP contribution is 2.24. The molecule has 2 heterocycles. The van der Waals surface area contributed by atoms with Crippen LogP contribution in [0.15, 0.2) is 39.4 Å². The van der Waals surface area contributed by atoms with Gasteiger partial charge in [-0.2, -0.15) is 0 Å². The first-order valence-electron chi connectivity index (χ1n) is 4.58. The Morgan fingerprint density at radius 3 is 2.60 bits per heavy atom. The van der Waals surface area contributed by atoms with Crippen molar-refractivity contribution in [3.63, 3.8) is 0 Å². The molecular weight excluding hydrogens is 256 g/mol. The van der Waals surface area contributed by atoms with E-state index in [9.17, 15) is 0 Å². The zero-order chi connectivity index (χ0) is 10.8. The van der Waals surface area contributed by atoms with E-state index in [4.69, 9.17) is 4.42 Å². The molecule has 0 atom stereocenters. The van der Waals surface area contributed by atoms with Crippen molar-refractivity contribution in [1.82, 2.24) is 4.98 Å². The average Bonchev–Trinajstić information content (AvgIpc) is 2.65. The molecule has 0 fully saturated rings. The number of hydrogen-bond donors (Lipinski definition) is 0. The molecular formula is C11H11BrN2O. The molecule has 15 heavy (non-hydrogen) atoms. The number of aromatic nitrogens is 1. The third-order valence-electron chi connectivity index (χ3n) is 2.11. The second-order valence-electron chi connectivity index (χ2n) is 3.28. The standard InChI is InChI=1S/C11H11BrN2O/c1-8-3-6-11(15-8)14(2)10-5-4-9(12)7-13-10/h3-7H,1-2H3. The molecule has 0 aromatic carbocycles. The van der Waals surface area contributed by atoms with E-state index in [0.717, 1.165) is 21.9 Å². The molecule has 0 aliphatic heterocycles. The van der Waals surface area contributed by atoms with Crippen molar-refractivity contribution in [2.75, 3.05) is 11.9 Å². The summed E-state index contributed by atoms with van der Waals surface area (Å²) in [5.74, 6) is 2.55. The molecule has 0 aliphatic rings. The highest BCUT2D eigenvalue weighted by atomic mass is 79.9. The van der Waals surface area contributed by atoms with Crippen LogP contribution in [0.25, 0.3) is 0 Å². The molecule has 0 saturated carbocycles. The second kappa shape index (κ2) is 4.06. The topological polar surface area (TPSA) is 29.3 Å².